The van der Waals surface area contributed by atoms with Crippen molar-refractivity contribution >= 4 is 22.4 Å². The van der Waals surface area contributed by atoms with Gasteiger partial charge in [0, 0.05) is 0 Å². The molecule has 19 heavy (non-hydrogen) atoms. The standard InChI is InChI=1S/C15H14N4/c1-11(18-19-12-7-3-2-4-8-12)15-16-13-9-5-6-10-14(13)17-15/h2-10,19H,1H3,(H,16,17)/b18-11+. The lowest BCUT2D eigenvalue weighted by Crippen LogP contribution is -2.01. The first-order valence-electron chi connectivity index (χ1n) is 6.13. The Morgan fingerprint density at radius 1 is 1.05 bits per heavy atom. The van der Waals surface area contributed by atoms with Crippen molar-refractivity contribution in [2.75, 3.05) is 5.43 Å². The molecule has 2 N–H and O–H groups in total. The van der Waals surface area contributed by atoms with Gasteiger partial charge in [0.2, 0.25) is 0 Å². The number of aromatic amines is 1. The monoisotopic (exact) mass is 250 g/mol. The molecule has 2 aromatic carbocycles. The number of hydrogen-bond acceptors (Lipinski definition) is 3. The zero-order valence-corrected chi connectivity index (χ0v) is 10.6. The Labute approximate surface area is 111 Å². The molecule has 0 aliphatic heterocycles. The first kappa shape index (κ1) is 11.5. The molecule has 0 atom stereocenters. The molecular formula is C15H14N4. The molecule has 0 fully saturated rings. The van der Waals surface area contributed by atoms with E-state index in [0.717, 1.165) is 28.3 Å². The van der Waals surface area contributed by atoms with Crippen LogP contribution < -0.4 is 5.43 Å². The molecule has 0 radical (unpaired) electrons. The van der Waals surface area contributed by atoms with Crippen molar-refractivity contribution in [1.29, 1.82) is 0 Å². The molecular weight excluding hydrogens is 236 g/mol. The maximum Gasteiger partial charge on any atom is 0.154 e. The second-order valence-electron chi connectivity index (χ2n) is 4.28. The summed E-state index contributed by atoms with van der Waals surface area (Å²) in [5, 5.41) is 4.33. The van der Waals surface area contributed by atoms with Crippen LogP contribution in [0.1, 0.15) is 12.7 Å². The minimum absolute atomic E-state index is 0.782. The Morgan fingerprint density at radius 3 is 2.58 bits per heavy atom. The topological polar surface area (TPSA) is 53.1 Å². The number of hydrogen-bond donors (Lipinski definition) is 2. The minimum Gasteiger partial charge on any atom is -0.337 e. The van der Waals surface area contributed by atoms with E-state index in [1.165, 1.54) is 0 Å². The molecule has 0 amide bonds. The SMILES string of the molecule is C/C(=N\Nc1ccccc1)c1nc2ccccc2[nH]1. The van der Waals surface area contributed by atoms with Crippen LogP contribution in [0.3, 0.4) is 0 Å². The van der Waals surface area contributed by atoms with Crippen LogP contribution in [0.25, 0.3) is 11.0 Å². The first-order valence-corrected chi connectivity index (χ1v) is 6.13. The lowest BCUT2D eigenvalue weighted by Gasteiger charge is -2.00. The molecule has 0 aliphatic carbocycles. The second-order valence-corrected chi connectivity index (χ2v) is 4.28. The lowest BCUT2D eigenvalue weighted by atomic mass is 10.3. The van der Waals surface area contributed by atoms with Gasteiger partial charge in [-0.25, -0.2) is 4.98 Å². The van der Waals surface area contributed by atoms with Crippen LogP contribution in [-0.2, 0) is 0 Å². The number of nitrogens with zero attached hydrogens (tertiary/aromatic N) is 2. The van der Waals surface area contributed by atoms with Gasteiger partial charge in [0.15, 0.2) is 5.82 Å². The van der Waals surface area contributed by atoms with Crippen molar-refractivity contribution < 1.29 is 0 Å². The number of rotatable bonds is 3. The van der Waals surface area contributed by atoms with E-state index in [0.29, 0.717) is 0 Å². The van der Waals surface area contributed by atoms with Gasteiger partial charge in [-0.3, -0.25) is 5.43 Å². The Morgan fingerprint density at radius 2 is 1.79 bits per heavy atom. The highest BCUT2D eigenvalue weighted by Gasteiger charge is 2.04. The van der Waals surface area contributed by atoms with Gasteiger partial charge in [0.05, 0.1) is 16.7 Å². The van der Waals surface area contributed by atoms with Crippen LogP contribution in [-0.4, -0.2) is 15.7 Å². The van der Waals surface area contributed by atoms with Crippen molar-refractivity contribution in [1.82, 2.24) is 9.97 Å². The summed E-state index contributed by atoms with van der Waals surface area (Å²) < 4.78 is 0. The van der Waals surface area contributed by atoms with Gasteiger partial charge < -0.3 is 4.98 Å². The number of H-pyrrole nitrogens is 1. The fraction of sp³-hybridized carbons (Fsp3) is 0.0667. The summed E-state index contributed by atoms with van der Waals surface area (Å²) in [5.74, 6) is 0.782. The van der Waals surface area contributed by atoms with E-state index < -0.39 is 0 Å². The predicted molar refractivity (Wildman–Crippen MR) is 78.4 cm³/mol. The zero-order valence-electron chi connectivity index (χ0n) is 10.6. The van der Waals surface area contributed by atoms with E-state index in [2.05, 4.69) is 20.5 Å². The van der Waals surface area contributed by atoms with E-state index >= 15 is 0 Å². The molecule has 0 aliphatic rings. The molecule has 3 rings (SSSR count). The molecule has 0 saturated carbocycles. The van der Waals surface area contributed by atoms with Gasteiger partial charge in [0.25, 0.3) is 0 Å². The fourth-order valence-electron chi connectivity index (χ4n) is 1.84. The third-order valence-corrected chi connectivity index (χ3v) is 2.86. The Hall–Kier alpha value is -2.62. The number of nitrogens with one attached hydrogen (secondary N) is 2. The van der Waals surface area contributed by atoms with Crippen LogP contribution in [0.2, 0.25) is 0 Å². The number of fused-ring (bicyclic) bond motifs is 1. The molecule has 0 saturated heterocycles. The Balaban J connectivity index is 1.85. The van der Waals surface area contributed by atoms with Crippen LogP contribution in [0.15, 0.2) is 59.7 Å². The number of benzene rings is 2. The normalized spacial score (nSPS) is 11.7. The van der Waals surface area contributed by atoms with Gasteiger partial charge in [0.1, 0.15) is 5.71 Å². The molecule has 4 nitrogen and oxygen atoms in total. The number of anilines is 1. The molecule has 94 valence electrons. The highest BCUT2D eigenvalue weighted by atomic mass is 15.3. The van der Waals surface area contributed by atoms with E-state index in [1.54, 1.807) is 0 Å². The second kappa shape index (κ2) is 4.94. The third kappa shape index (κ3) is 2.47. The zero-order chi connectivity index (χ0) is 13.1. The molecule has 4 heteroatoms. The molecule has 3 aromatic rings. The number of hydrazone groups is 1. The van der Waals surface area contributed by atoms with Crippen molar-refractivity contribution in [3.63, 3.8) is 0 Å². The maximum atomic E-state index is 4.50. The van der Waals surface area contributed by atoms with Gasteiger partial charge in [-0.05, 0) is 31.2 Å². The summed E-state index contributed by atoms with van der Waals surface area (Å²) >= 11 is 0. The average Bonchev–Trinajstić information content (AvgIpc) is 2.90. The number of para-hydroxylation sites is 3. The Bertz CT molecular complexity index is 680. The molecule has 1 aromatic heterocycles. The van der Waals surface area contributed by atoms with Gasteiger partial charge in [-0.2, -0.15) is 5.10 Å². The first-order chi connectivity index (χ1) is 9.33. The van der Waals surface area contributed by atoms with Crippen molar-refractivity contribution in [2.24, 2.45) is 5.10 Å². The van der Waals surface area contributed by atoms with E-state index in [-0.39, 0.29) is 0 Å². The van der Waals surface area contributed by atoms with Crippen molar-refractivity contribution in [3.05, 3.63) is 60.4 Å². The van der Waals surface area contributed by atoms with E-state index in [1.807, 2.05) is 61.5 Å². The van der Waals surface area contributed by atoms with Crippen LogP contribution in [0, 0.1) is 0 Å². The van der Waals surface area contributed by atoms with Gasteiger partial charge >= 0.3 is 0 Å². The van der Waals surface area contributed by atoms with Crippen LogP contribution >= 0.6 is 0 Å². The highest BCUT2D eigenvalue weighted by Crippen LogP contribution is 2.11. The summed E-state index contributed by atoms with van der Waals surface area (Å²) in [4.78, 5) is 7.75. The summed E-state index contributed by atoms with van der Waals surface area (Å²) in [6.07, 6.45) is 0. The molecule has 0 spiro atoms. The summed E-state index contributed by atoms with van der Waals surface area (Å²) in [5.41, 5.74) is 6.76. The minimum atomic E-state index is 0.782. The van der Waals surface area contributed by atoms with Crippen molar-refractivity contribution in [2.45, 2.75) is 6.92 Å². The van der Waals surface area contributed by atoms with Crippen molar-refractivity contribution in [3.8, 4) is 0 Å². The number of imidazole rings is 1. The van der Waals surface area contributed by atoms with E-state index in [4.69, 9.17) is 0 Å². The molecule has 1 heterocycles. The fourth-order valence-corrected chi connectivity index (χ4v) is 1.84. The Kier molecular flexibility index (Phi) is 2.98. The van der Waals surface area contributed by atoms with E-state index in [9.17, 15) is 0 Å². The van der Waals surface area contributed by atoms with Crippen LogP contribution in [0.5, 0.6) is 0 Å². The summed E-state index contributed by atoms with van der Waals surface area (Å²) in [7, 11) is 0. The smallest absolute Gasteiger partial charge is 0.154 e. The van der Waals surface area contributed by atoms with Crippen LogP contribution in [0.4, 0.5) is 5.69 Å². The predicted octanol–water partition coefficient (Wildman–Crippen LogP) is 3.40. The summed E-state index contributed by atoms with van der Waals surface area (Å²) in [6.45, 7) is 1.92. The highest BCUT2D eigenvalue weighted by molar-refractivity contribution is 5.98. The largest absolute Gasteiger partial charge is 0.337 e. The third-order valence-electron chi connectivity index (χ3n) is 2.86. The quantitative estimate of drug-likeness (QED) is 0.553. The molecule has 0 bridgehead atoms. The lowest BCUT2D eigenvalue weighted by molar-refractivity contribution is 1.24. The summed E-state index contributed by atoms with van der Waals surface area (Å²) in [6, 6.07) is 17.8. The maximum absolute atomic E-state index is 4.50. The average molecular weight is 250 g/mol. The van der Waals surface area contributed by atoms with Gasteiger partial charge in [-0.15, -0.1) is 0 Å². The number of aromatic nitrogens is 2. The molecule has 0 unspecified atom stereocenters. The van der Waals surface area contributed by atoms with Gasteiger partial charge in [-0.1, -0.05) is 30.3 Å².